The minimum absolute atomic E-state index is 0.0579. The molecule has 3 aromatic rings. The molecule has 0 unspecified atom stereocenters. The van der Waals surface area contributed by atoms with Crippen LogP contribution in [0.4, 0.5) is 5.69 Å². The van der Waals surface area contributed by atoms with Crippen LogP contribution < -0.4 is 10.9 Å². The number of nitrogens with one attached hydrogen (secondary N) is 1. The number of anilines is 1. The highest BCUT2D eigenvalue weighted by Gasteiger charge is 2.07. The van der Waals surface area contributed by atoms with Crippen LogP contribution in [0.3, 0.4) is 0 Å². The van der Waals surface area contributed by atoms with Gasteiger partial charge in [0, 0.05) is 24.7 Å². The van der Waals surface area contributed by atoms with E-state index in [0.29, 0.717) is 19.4 Å². The molecule has 134 valence electrons. The lowest BCUT2D eigenvalue weighted by Crippen LogP contribution is -2.23. The summed E-state index contributed by atoms with van der Waals surface area (Å²) in [7, 11) is 0. The molecule has 1 amide bonds. The molecule has 0 saturated carbocycles. The molecule has 0 atom stereocenters. The van der Waals surface area contributed by atoms with Crippen molar-refractivity contribution in [3.63, 3.8) is 0 Å². The number of aromatic nitrogens is 2. The maximum Gasteiger partial charge on any atom is 0.266 e. The lowest BCUT2D eigenvalue weighted by molar-refractivity contribution is -0.116. The number of aryl methyl sites for hydroxylation is 3. The van der Waals surface area contributed by atoms with E-state index in [0.717, 1.165) is 27.4 Å². The maximum absolute atomic E-state index is 12.1. The molecule has 0 bridgehead atoms. The number of carbonyl (C=O) groups excluding carboxylic acids is 1. The number of carbonyl (C=O) groups is 1. The van der Waals surface area contributed by atoms with Gasteiger partial charge >= 0.3 is 0 Å². The van der Waals surface area contributed by atoms with Crippen LogP contribution in [0.2, 0.25) is 0 Å². The van der Waals surface area contributed by atoms with Gasteiger partial charge in [-0.05, 0) is 61.0 Å². The molecule has 5 nitrogen and oxygen atoms in total. The van der Waals surface area contributed by atoms with Crippen LogP contribution in [0.5, 0.6) is 0 Å². The molecule has 2 heterocycles. The van der Waals surface area contributed by atoms with Crippen molar-refractivity contribution >= 4 is 22.9 Å². The number of rotatable bonds is 6. The number of thiophene rings is 1. The summed E-state index contributed by atoms with van der Waals surface area (Å²) in [6.07, 6.45) is 0.891. The van der Waals surface area contributed by atoms with Crippen LogP contribution in [0, 0.1) is 13.8 Å². The van der Waals surface area contributed by atoms with E-state index < -0.39 is 0 Å². The highest BCUT2D eigenvalue weighted by atomic mass is 32.1. The van der Waals surface area contributed by atoms with Gasteiger partial charge in [-0.25, -0.2) is 4.68 Å². The molecule has 0 aliphatic carbocycles. The van der Waals surface area contributed by atoms with Gasteiger partial charge < -0.3 is 5.32 Å². The second kappa shape index (κ2) is 8.10. The first-order valence-electron chi connectivity index (χ1n) is 8.51. The van der Waals surface area contributed by atoms with Crippen molar-refractivity contribution in [3.05, 3.63) is 69.3 Å². The maximum atomic E-state index is 12.1. The molecule has 26 heavy (non-hydrogen) atoms. The lowest BCUT2D eigenvalue weighted by Gasteiger charge is -2.08. The van der Waals surface area contributed by atoms with Crippen LogP contribution in [-0.4, -0.2) is 15.7 Å². The largest absolute Gasteiger partial charge is 0.326 e. The summed E-state index contributed by atoms with van der Waals surface area (Å²) in [5.74, 6) is -0.0579. The summed E-state index contributed by atoms with van der Waals surface area (Å²) in [5.41, 5.74) is 3.66. The molecule has 6 heteroatoms. The second-order valence-corrected chi connectivity index (χ2v) is 7.23. The summed E-state index contributed by atoms with van der Waals surface area (Å²) in [6, 6.07) is 13.1. The van der Waals surface area contributed by atoms with Gasteiger partial charge in [-0.2, -0.15) is 5.10 Å². The smallest absolute Gasteiger partial charge is 0.266 e. The van der Waals surface area contributed by atoms with E-state index in [1.54, 1.807) is 17.4 Å². The normalized spacial score (nSPS) is 10.7. The third-order valence-electron chi connectivity index (χ3n) is 3.92. The van der Waals surface area contributed by atoms with Gasteiger partial charge in [-0.3, -0.25) is 9.59 Å². The first kappa shape index (κ1) is 18.1. The summed E-state index contributed by atoms with van der Waals surface area (Å²) in [4.78, 5) is 25.2. The number of hydrogen-bond acceptors (Lipinski definition) is 4. The Morgan fingerprint density at radius 1 is 1.15 bits per heavy atom. The van der Waals surface area contributed by atoms with Crippen molar-refractivity contribution in [3.8, 4) is 10.6 Å². The summed E-state index contributed by atoms with van der Waals surface area (Å²) < 4.78 is 1.43. The number of benzene rings is 1. The van der Waals surface area contributed by atoms with Crippen molar-refractivity contribution in [1.82, 2.24) is 9.78 Å². The number of hydrogen-bond donors (Lipinski definition) is 1. The SMILES string of the molecule is Cc1cc(C)cc(NC(=O)CCCn2nc(-c3cccs3)ccc2=O)c1. The molecule has 0 aliphatic heterocycles. The fourth-order valence-electron chi connectivity index (χ4n) is 2.82. The quantitative estimate of drug-likeness (QED) is 0.716. The van der Waals surface area contributed by atoms with E-state index in [4.69, 9.17) is 0 Å². The van der Waals surface area contributed by atoms with Crippen LogP contribution in [0.1, 0.15) is 24.0 Å². The fraction of sp³-hybridized carbons (Fsp3) is 0.250. The van der Waals surface area contributed by atoms with Gasteiger partial charge in [0.25, 0.3) is 5.56 Å². The van der Waals surface area contributed by atoms with Gasteiger partial charge in [0.2, 0.25) is 5.91 Å². The second-order valence-electron chi connectivity index (χ2n) is 6.29. The number of nitrogens with zero attached hydrogens (tertiary/aromatic N) is 2. The van der Waals surface area contributed by atoms with Gasteiger partial charge in [0.15, 0.2) is 0 Å². The molecule has 0 aliphatic rings. The van der Waals surface area contributed by atoms with E-state index in [1.165, 1.54) is 10.7 Å². The monoisotopic (exact) mass is 367 g/mol. The number of amides is 1. The van der Waals surface area contributed by atoms with E-state index in [2.05, 4.69) is 16.5 Å². The Morgan fingerprint density at radius 2 is 1.92 bits per heavy atom. The minimum atomic E-state index is -0.153. The highest BCUT2D eigenvalue weighted by Crippen LogP contribution is 2.21. The van der Waals surface area contributed by atoms with Gasteiger partial charge in [0.1, 0.15) is 5.69 Å². The predicted octanol–water partition coefficient (Wildman–Crippen LogP) is 4.01. The average Bonchev–Trinajstić information content (AvgIpc) is 3.10. The topological polar surface area (TPSA) is 64.0 Å². The summed E-state index contributed by atoms with van der Waals surface area (Å²) in [5, 5.41) is 9.29. The Morgan fingerprint density at radius 3 is 2.62 bits per heavy atom. The Kier molecular flexibility index (Phi) is 5.63. The fourth-order valence-corrected chi connectivity index (χ4v) is 3.52. The first-order chi connectivity index (χ1) is 12.5. The van der Waals surface area contributed by atoms with E-state index in [-0.39, 0.29) is 11.5 Å². The average molecular weight is 367 g/mol. The van der Waals surface area contributed by atoms with Gasteiger partial charge in [0.05, 0.1) is 4.88 Å². The molecule has 3 rings (SSSR count). The Hall–Kier alpha value is -2.73. The Balaban J connectivity index is 1.58. The molecule has 0 saturated heterocycles. The van der Waals surface area contributed by atoms with E-state index in [1.807, 2.05) is 43.5 Å². The minimum Gasteiger partial charge on any atom is -0.326 e. The molecular weight excluding hydrogens is 346 g/mol. The molecule has 1 aromatic carbocycles. The van der Waals surface area contributed by atoms with E-state index in [9.17, 15) is 9.59 Å². The van der Waals surface area contributed by atoms with Crippen molar-refractivity contribution in [2.24, 2.45) is 0 Å². The van der Waals surface area contributed by atoms with Crippen LogP contribution in [-0.2, 0) is 11.3 Å². The van der Waals surface area contributed by atoms with Gasteiger partial charge in [-0.15, -0.1) is 11.3 Å². The Bertz CT molecular complexity index is 941. The molecule has 0 radical (unpaired) electrons. The van der Waals surface area contributed by atoms with Crippen LogP contribution in [0.25, 0.3) is 10.6 Å². The molecule has 2 aromatic heterocycles. The third-order valence-corrected chi connectivity index (χ3v) is 4.81. The van der Waals surface area contributed by atoms with Crippen LogP contribution >= 0.6 is 11.3 Å². The lowest BCUT2D eigenvalue weighted by atomic mass is 10.1. The van der Waals surface area contributed by atoms with Gasteiger partial charge in [-0.1, -0.05) is 12.1 Å². The van der Waals surface area contributed by atoms with Crippen molar-refractivity contribution in [1.29, 1.82) is 0 Å². The van der Waals surface area contributed by atoms with E-state index >= 15 is 0 Å². The standard InChI is InChI=1S/C20H21N3O2S/c1-14-11-15(2)13-16(12-14)21-19(24)6-3-9-23-20(25)8-7-17(22-23)18-5-4-10-26-18/h4-5,7-8,10-13H,3,6,9H2,1-2H3,(H,21,24). The first-order valence-corrected chi connectivity index (χ1v) is 9.39. The zero-order valence-corrected chi connectivity index (χ0v) is 15.7. The van der Waals surface area contributed by atoms with Crippen molar-refractivity contribution < 1.29 is 4.79 Å². The van der Waals surface area contributed by atoms with Crippen molar-refractivity contribution in [2.75, 3.05) is 5.32 Å². The van der Waals surface area contributed by atoms with Crippen molar-refractivity contribution in [2.45, 2.75) is 33.2 Å². The predicted molar refractivity (Wildman–Crippen MR) is 106 cm³/mol. The van der Waals surface area contributed by atoms with Crippen LogP contribution in [0.15, 0.2) is 52.6 Å². The molecule has 0 spiro atoms. The Labute approximate surface area is 156 Å². The zero-order chi connectivity index (χ0) is 18.5. The molecule has 1 N–H and O–H groups in total. The summed E-state index contributed by atoms with van der Waals surface area (Å²) >= 11 is 1.58. The summed E-state index contributed by atoms with van der Waals surface area (Å²) in [6.45, 7) is 4.42. The zero-order valence-electron chi connectivity index (χ0n) is 14.9. The molecular formula is C20H21N3O2S. The third kappa shape index (κ3) is 4.67. The highest BCUT2D eigenvalue weighted by molar-refractivity contribution is 7.13. The molecule has 0 fully saturated rings.